The summed E-state index contributed by atoms with van der Waals surface area (Å²) in [6.07, 6.45) is 1.72. The Bertz CT molecular complexity index is 886. The predicted octanol–water partition coefficient (Wildman–Crippen LogP) is 4.76. The molecule has 8 heteroatoms. The fourth-order valence-electron chi connectivity index (χ4n) is 3.68. The van der Waals surface area contributed by atoms with Gasteiger partial charge in [-0.25, -0.2) is 0 Å². The van der Waals surface area contributed by atoms with Crippen molar-refractivity contribution in [2.45, 2.75) is 25.2 Å². The molecule has 0 spiro atoms. The minimum Gasteiger partial charge on any atom is -0.496 e. The van der Waals surface area contributed by atoms with Gasteiger partial charge in [-0.05, 0) is 44.0 Å². The van der Waals surface area contributed by atoms with Crippen molar-refractivity contribution >= 4 is 47.2 Å². The van der Waals surface area contributed by atoms with Gasteiger partial charge in [-0.2, -0.15) is 0 Å². The second-order valence-corrected chi connectivity index (χ2v) is 7.68. The summed E-state index contributed by atoms with van der Waals surface area (Å²) >= 11 is 6.19. The van der Waals surface area contributed by atoms with Crippen LogP contribution in [0, 0.1) is 6.92 Å². The number of guanidine groups is 1. The van der Waals surface area contributed by atoms with Crippen molar-refractivity contribution in [1.82, 2.24) is 0 Å². The zero-order valence-electron chi connectivity index (χ0n) is 17.5. The van der Waals surface area contributed by atoms with Crippen molar-refractivity contribution in [3.8, 4) is 11.5 Å². The lowest BCUT2D eigenvalue weighted by Crippen LogP contribution is -2.38. The molecule has 0 saturated carbocycles. The number of hydrogen-bond acceptors (Lipinski definition) is 4. The van der Waals surface area contributed by atoms with Crippen molar-refractivity contribution in [3.63, 3.8) is 0 Å². The Hall–Kier alpha value is -1.71. The zero-order valence-corrected chi connectivity index (χ0v) is 20.6. The number of ether oxygens (including phenoxy) is 3. The third-order valence-corrected chi connectivity index (χ3v) is 5.65. The van der Waals surface area contributed by atoms with Crippen LogP contribution in [0.25, 0.3) is 0 Å². The summed E-state index contributed by atoms with van der Waals surface area (Å²) in [5.74, 6) is 1.82. The van der Waals surface area contributed by atoms with Gasteiger partial charge in [0.05, 0.1) is 25.8 Å². The van der Waals surface area contributed by atoms with Crippen LogP contribution in [0.5, 0.6) is 11.5 Å². The number of aliphatic imine (C=N–C) groups is 1. The molecular formula is C22H29ClIN3O3. The first kappa shape index (κ1) is 24.6. The van der Waals surface area contributed by atoms with E-state index in [1.165, 1.54) is 5.56 Å². The van der Waals surface area contributed by atoms with Crippen LogP contribution in [0.4, 0.5) is 5.69 Å². The summed E-state index contributed by atoms with van der Waals surface area (Å²) in [7, 11) is 3.28. The van der Waals surface area contributed by atoms with E-state index in [-0.39, 0.29) is 29.4 Å². The number of nitrogens with two attached hydrogens (primary N) is 1. The van der Waals surface area contributed by atoms with Gasteiger partial charge in [-0.1, -0.05) is 29.3 Å². The minimum absolute atomic E-state index is 0. The van der Waals surface area contributed by atoms with E-state index in [0.29, 0.717) is 36.5 Å². The summed E-state index contributed by atoms with van der Waals surface area (Å²) in [5, 5.41) is 3.62. The highest BCUT2D eigenvalue weighted by Gasteiger charge is 2.37. The third-order valence-electron chi connectivity index (χ3n) is 5.35. The lowest BCUT2D eigenvalue weighted by atomic mass is 9.73. The van der Waals surface area contributed by atoms with Gasteiger partial charge in [-0.3, -0.25) is 4.99 Å². The molecule has 164 valence electrons. The molecule has 3 rings (SSSR count). The number of methoxy groups -OCH3 is 2. The van der Waals surface area contributed by atoms with Crippen LogP contribution in [0.3, 0.4) is 0 Å². The van der Waals surface area contributed by atoms with Gasteiger partial charge in [-0.15, -0.1) is 24.0 Å². The number of anilines is 1. The molecule has 1 saturated heterocycles. The highest BCUT2D eigenvalue weighted by molar-refractivity contribution is 14.0. The van der Waals surface area contributed by atoms with Crippen molar-refractivity contribution < 1.29 is 14.2 Å². The second kappa shape index (κ2) is 11.1. The van der Waals surface area contributed by atoms with Crippen LogP contribution in [0.2, 0.25) is 5.02 Å². The van der Waals surface area contributed by atoms with E-state index in [4.69, 9.17) is 31.5 Å². The van der Waals surface area contributed by atoms with E-state index < -0.39 is 0 Å². The van der Waals surface area contributed by atoms with E-state index in [1.54, 1.807) is 26.4 Å². The van der Waals surface area contributed by atoms with E-state index in [9.17, 15) is 0 Å². The van der Waals surface area contributed by atoms with Gasteiger partial charge in [0, 0.05) is 29.9 Å². The van der Waals surface area contributed by atoms with Crippen molar-refractivity contribution in [2.75, 3.05) is 39.3 Å². The van der Waals surface area contributed by atoms with Gasteiger partial charge >= 0.3 is 0 Å². The average Bonchev–Trinajstić information content (AvgIpc) is 2.73. The maximum Gasteiger partial charge on any atom is 0.193 e. The first-order chi connectivity index (χ1) is 14.0. The monoisotopic (exact) mass is 545 g/mol. The Kier molecular flexibility index (Phi) is 9.06. The Morgan fingerprint density at radius 1 is 1.13 bits per heavy atom. The normalized spacial score (nSPS) is 15.8. The smallest absolute Gasteiger partial charge is 0.193 e. The van der Waals surface area contributed by atoms with Crippen LogP contribution in [0.15, 0.2) is 41.4 Å². The molecule has 0 aliphatic carbocycles. The molecule has 0 radical (unpaired) electrons. The molecule has 1 aliphatic rings. The van der Waals surface area contributed by atoms with E-state index in [1.807, 2.05) is 12.1 Å². The minimum atomic E-state index is -0.181. The molecule has 30 heavy (non-hydrogen) atoms. The highest BCUT2D eigenvalue weighted by Crippen LogP contribution is 2.40. The molecule has 6 nitrogen and oxygen atoms in total. The summed E-state index contributed by atoms with van der Waals surface area (Å²) in [4.78, 5) is 4.67. The molecule has 0 atom stereocenters. The van der Waals surface area contributed by atoms with E-state index >= 15 is 0 Å². The maximum atomic E-state index is 6.19. The number of rotatable bonds is 6. The topological polar surface area (TPSA) is 78.1 Å². The lowest BCUT2D eigenvalue weighted by molar-refractivity contribution is 0.0523. The molecule has 0 amide bonds. The predicted molar refractivity (Wildman–Crippen MR) is 133 cm³/mol. The molecule has 2 aromatic rings. The van der Waals surface area contributed by atoms with E-state index in [2.05, 4.69) is 29.4 Å². The number of nitrogens with one attached hydrogen (secondary N) is 1. The molecule has 0 aromatic heterocycles. The summed E-state index contributed by atoms with van der Waals surface area (Å²) < 4.78 is 16.5. The first-order valence-corrected chi connectivity index (χ1v) is 9.98. The Morgan fingerprint density at radius 2 is 1.80 bits per heavy atom. The van der Waals surface area contributed by atoms with Crippen LogP contribution in [-0.4, -0.2) is 39.9 Å². The highest BCUT2D eigenvalue weighted by atomic mass is 127. The van der Waals surface area contributed by atoms with E-state index in [0.717, 1.165) is 29.8 Å². The molecule has 2 aromatic carbocycles. The molecule has 3 N–H and O–H groups in total. The summed E-state index contributed by atoms with van der Waals surface area (Å²) in [6.45, 7) is 4.00. The van der Waals surface area contributed by atoms with Gasteiger partial charge in [0.1, 0.15) is 11.5 Å². The molecule has 1 aliphatic heterocycles. The maximum absolute atomic E-state index is 6.19. The largest absolute Gasteiger partial charge is 0.496 e. The number of halogens is 2. The average molecular weight is 546 g/mol. The zero-order chi connectivity index (χ0) is 20.9. The summed E-state index contributed by atoms with van der Waals surface area (Å²) in [5.41, 5.74) is 9.11. The van der Waals surface area contributed by atoms with Crippen LogP contribution >= 0.6 is 35.6 Å². The fourth-order valence-corrected chi connectivity index (χ4v) is 3.94. The van der Waals surface area contributed by atoms with Crippen molar-refractivity contribution in [1.29, 1.82) is 0 Å². The van der Waals surface area contributed by atoms with Crippen LogP contribution in [0.1, 0.15) is 24.0 Å². The summed E-state index contributed by atoms with van der Waals surface area (Å²) in [6, 6.07) is 11.7. The number of benzene rings is 2. The molecule has 0 unspecified atom stereocenters. The Balaban J connectivity index is 0.00000320. The Morgan fingerprint density at radius 3 is 2.43 bits per heavy atom. The Labute approximate surface area is 200 Å². The second-order valence-electron chi connectivity index (χ2n) is 7.27. The quantitative estimate of drug-likeness (QED) is 0.311. The van der Waals surface area contributed by atoms with Gasteiger partial charge in [0.15, 0.2) is 5.96 Å². The molecule has 0 bridgehead atoms. The van der Waals surface area contributed by atoms with Crippen LogP contribution < -0.4 is 20.5 Å². The number of aryl methyl sites for hydroxylation is 1. The van der Waals surface area contributed by atoms with Gasteiger partial charge in [0.2, 0.25) is 0 Å². The molecule has 1 heterocycles. The van der Waals surface area contributed by atoms with Crippen LogP contribution in [-0.2, 0) is 10.2 Å². The lowest BCUT2D eigenvalue weighted by Gasteiger charge is -2.37. The number of hydrogen-bond donors (Lipinski definition) is 2. The van der Waals surface area contributed by atoms with Crippen molar-refractivity contribution in [2.24, 2.45) is 10.7 Å². The molecule has 1 fully saturated rings. The first-order valence-electron chi connectivity index (χ1n) is 9.61. The standard InChI is InChI=1S/C22H28ClN3O3.HI/c1-15-4-6-19(27-2)17(12-15)22(8-10-29-11-9-22)14-25-21(24)26-16-5-7-20(28-3)18(23)13-16;/h4-7,12-13H,8-11,14H2,1-3H3,(H3,24,25,26);1H. The van der Waals surface area contributed by atoms with Gasteiger partial charge in [0.25, 0.3) is 0 Å². The fraction of sp³-hybridized carbons (Fsp3) is 0.409. The van der Waals surface area contributed by atoms with Gasteiger partial charge < -0.3 is 25.3 Å². The molecular weight excluding hydrogens is 517 g/mol. The third kappa shape index (κ3) is 5.70. The van der Waals surface area contributed by atoms with Crippen molar-refractivity contribution in [3.05, 3.63) is 52.5 Å². The number of nitrogens with zero attached hydrogens (tertiary/aromatic N) is 1. The SMILES string of the molecule is COc1ccc(NC(N)=NCC2(c3cc(C)ccc3OC)CCOCC2)cc1Cl.I.